The van der Waals surface area contributed by atoms with Crippen LogP contribution in [0.2, 0.25) is 0 Å². The van der Waals surface area contributed by atoms with Gasteiger partial charge in [0.15, 0.2) is 0 Å². The van der Waals surface area contributed by atoms with Gasteiger partial charge < -0.3 is 14.7 Å². The van der Waals surface area contributed by atoms with Crippen molar-refractivity contribution in [3.05, 3.63) is 519 Å². The lowest BCUT2D eigenvalue weighted by atomic mass is 9.82. The van der Waals surface area contributed by atoms with Gasteiger partial charge in [-0.2, -0.15) is 0 Å². The van der Waals surface area contributed by atoms with E-state index in [0.717, 1.165) is 109 Å². The van der Waals surface area contributed by atoms with Crippen molar-refractivity contribution >= 4 is 68.4 Å². The molecule has 0 amide bonds. The Labute approximate surface area is 812 Å². The lowest BCUT2D eigenvalue weighted by Gasteiger charge is -2.40. The molecule has 0 saturated carbocycles. The average Bonchev–Trinajstić information content (AvgIpc) is 1.48. The molecule has 0 radical (unpaired) electrons. The molecule has 8 aliphatic carbocycles. The number of fused-ring (bicyclic) bond motifs is 44. The maximum absolute atomic E-state index is 4.88. The van der Waals surface area contributed by atoms with E-state index in [0.29, 0.717) is 0 Å². The highest BCUT2D eigenvalue weighted by Crippen LogP contribution is 2.63. The number of pyridine rings is 4. The molecule has 36 rings (SSSR count). The minimum absolute atomic E-state index is 0.907. The van der Waals surface area contributed by atoms with Crippen LogP contribution >= 0.6 is 0 Å². The van der Waals surface area contributed by atoms with Crippen LogP contribution < -0.4 is 19.6 Å². The second kappa shape index (κ2) is 28.5. The van der Waals surface area contributed by atoms with E-state index < -0.39 is 0 Å². The third-order valence-electron chi connectivity index (χ3n) is 34.1. The van der Waals surface area contributed by atoms with Crippen molar-refractivity contribution in [3.8, 4) is 89.0 Å². The summed E-state index contributed by atoms with van der Waals surface area (Å²) in [6.45, 7) is 0. The third-order valence-corrected chi connectivity index (χ3v) is 34.1. The van der Waals surface area contributed by atoms with Crippen molar-refractivity contribution in [1.29, 1.82) is 0 Å². The smallest absolute Gasteiger partial charge is 0.141 e. The number of hydrogen-bond acceptors (Lipinski definition) is 8. The van der Waals surface area contributed by atoms with Crippen LogP contribution in [-0.2, 0) is 103 Å². The Hall–Kier alpha value is -16.7. The SMILES string of the molecule is c1ccc2c(c1)Cc1cc3c(cc1-2)Cc1cc2c4c(c1-3)Cc1ccccc1N4c1cccnc1C2.c1ccc2c(c1)Cc1cc3c(cc1-2)Cc1cc2c4c(c1-3)Cc1ccccc1N4c1ccncc1C2.c1ccc2c(c1)Cc1cc3c(cc1-2)Cc1cc2c4c(c1-3)Cc1ccccc1N4c1cnccc1C2.c1ccc2c(c1)Cc1cc3c(cc1-2)Cc1cc2c4c(c1-3)Cc1ccccc1N4c1ncccc1C2. The highest BCUT2D eigenvalue weighted by atomic mass is 15.2. The molecule has 656 valence electrons. The topological polar surface area (TPSA) is 64.5 Å². The van der Waals surface area contributed by atoms with Gasteiger partial charge in [-0.05, 0) is 416 Å². The Bertz CT molecular complexity index is 8040. The van der Waals surface area contributed by atoms with E-state index in [9.17, 15) is 0 Å². The molecule has 0 saturated heterocycles. The second-order valence-electron chi connectivity index (χ2n) is 41.5. The van der Waals surface area contributed by atoms with E-state index in [1.807, 2.05) is 24.8 Å². The summed E-state index contributed by atoms with van der Waals surface area (Å²) in [6.07, 6.45) is 27.9. The summed E-state index contributed by atoms with van der Waals surface area (Å²) >= 11 is 0. The quantitative estimate of drug-likeness (QED) is 0.149. The van der Waals surface area contributed by atoms with Crippen molar-refractivity contribution in [2.24, 2.45) is 0 Å². The Balaban J connectivity index is 0.0000000829. The van der Waals surface area contributed by atoms with Crippen molar-refractivity contribution in [1.82, 2.24) is 19.9 Å². The summed E-state index contributed by atoms with van der Waals surface area (Å²) in [7, 11) is 0. The predicted molar refractivity (Wildman–Crippen MR) is 564 cm³/mol. The minimum atomic E-state index is 0.907. The van der Waals surface area contributed by atoms with Crippen LogP contribution in [-0.4, -0.2) is 19.9 Å². The molecule has 140 heavy (non-hydrogen) atoms. The Kier molecular flexibility index (Phi) is 15.6. The first-order valence-corrected chi connectivity index (χ1v) is 50.3. The zero-order valence-corrected chi connectivity index (χ0v) is 77.2. The van der Waals surface area contributed by atoms with Crippen LogP contribution in [0.3, 0.4) is 0 Å². The molecule has 12 heterocycles. The molecule has 0 unspecified atom stereocenters. The maximum atomic E-state index is 4.88. The predicted octanol–water partition coefficient (Wildman–Crippen LogP) is 30.0. The van der Waals surface area contributed by atoms with E-state index in [-0.39, 0.29) is 0 Å². The van der Waals surface area contributed by atoms with E-state index in [4.69, 9.17) is 9.97 Å². The minimum Gasteiger partial charge on any atom is -0.309 e. The molecule has 0 atom stereocenters. The van der Waals surface area contributed by atoms with Gasteiger partial charge >= 0.3 is 0 Å². The third kappa shape index (κ3) is 10.8. The van der Waals surface area contributed by atoms with E-state index in [2.05, 4.69) is 345 Å². The number of rotatable bonds is 0. The van der Waals surface area contributed by atoms with E-state index in [1.165, 1.54) is 330 Å². The number of nitrogens with zero attached hydrogens (tertiary/aromatic N) is 8. The molecule has 0 N–H and O–H groups in total. The van der Waals surface area contributed by atoms with Crippen LogP contribution in [0, 0.1) is 0 Å². The van der Waals surface area contributed by atoms with Gasteiger partial charge in [-0.1, -0.05) is 200 Å². The van der Waals surface area contributed by atoms with Gasteiger partial charge in [0.1, 0.15) is 5.82 Å². The van der Waals surface area contributed by atoms with Crippen molar-refractivity contribution in [3.63, 3.8) is 0 Å². The largest absolute Gasteiger partial charge is 0.309 e. The van der Waals surface area contributed by atoms with E-state index in [1.54, 1.807) is 0 Å². The molecule has 4 aromatic heterocycles. The lowest BCUT2D eigenvalue weighted by molar-refractivity contribution is 0.968. The number of para-hydroxylation sites is 4. The summed E-state index contributed by atoms with van der Waals surface area (Å²) in [4.78, 5) is 28.6. The fraction of sp³-hybridized carbons (Fsp3) is 0.121. The fourth-order valence-electron chi connectivity index (χ4n) is 28.5. The van der Waals surface area contributed by atoms with Gasteiger partial charge in [-0.25, -0.2) is 4.98 Å². The van der Waals surface area contributed by atoms with Crippen molar-refractivity contribution in [2.75, 3.05) is 19.6 Å². The Morgan fingerprint density at radius 2 is 0.436 bits per heavy atom. The van der Waals surface area contributed by atoms with Gasteiger partial charge in [0.25, 0.3) is 0 Å². The van der Waals surface area contributed by atoms with Gasteiger partial charge in [-0.15, -0.1) is 0 Å². The average molecular weight is 1790 g/mol. The number of hydrogen-bond donors (Lipinski definition) is 0. The molecule has 0 fully saturated rings. The van der Waals surface area contributed by atoms with Crippen molar-refractivity contribution in [2.45, 2.75) is 103 Å². The number of benzene rings is 16. The van der Waals surface area contributed by atoms with Gasteiger partial charge in [-0.3, -0.25) is 19.9 Å². The highest BCUT2D eigenvalue weighted by molar-refractivity contribution is 6.03. The number of aromatic nitrogens is 4. The molecule has 20 aromatic rings. The van der Waals surface area contributed by atoms with Gasteiger partial charge in [0.05, 0.1) is 57.4 Å². The van der Waals surface area contributed by atoms with Crippen LogP contribution in [0.1, 0.15) is 178 Å². The van der Waals surface area contributed by atoms with E-state index >= 15 is 0 Å². The maximum Gasteiger partial charge on any atom is 0.141 e. The first kappa shape index (κ1) is 76.5. The van der Waals surface area contributed by atoms with Gasteiger partial charge in [0.2, 0.25) is 0 Å². The molecule has 8 aliphatic heterocycles. The molecule has 16 aliphatic rings. The lowest BCUT2D eigenvalue weighted by Crippen LogP contribution is -2.26. The molecule has 0 spiro atoms. The first-order valence-electron chi connectivity index (χ1n) is 50.3. The van der Waals surface area contributed by atoms with Crippen LogP contribution in [0.25, 0.3) is 89.0 Å². The molecule has 0 bridgehead atoms. The Morgan fingerprint density at radius 3 is 0.871 bits per heavy atom. The summed E-state index contributed by atoms with van der Waals surface area (Å²) in [5.74, 6) is 1.09. The fourth-order valence-corrected chi connectivity index (χ4v) is 28.5. The second-order valence-corrected chi connectivity index (χ2v) is 41.5. The highest BCUT2D eigenvalue weighted by Gasteiger charge is 2.45. The molecular weight excluding hydrogens is 1700 g/mol. The normalized spacial score (nSPS) is 14.9. The summed E-state index contributed by atoms with van der Waals surface area (Å²) in [5, 5.41) is 0. The van der Waals surface area contributed by atoms with Crippen molar-refractivity contribution < 1.29 is 0 Å². The van der Waals surface area contributed by atoms with Crippen LogP contribution in [0.5, 0.6) is 0 Å². The number of anilines is 12. The summed E-state index contributed by atoms with van der Waals surface area (Å²) < 4.78 is 0. The van der Waals surface area contributed by atoms with Crippen LogP contribution in [0.15, 0.2) is 340 Å². The molecular formula is C132H88N8. The zero-order chi connectivity index (χ0) is 90.7. The molecule has 16 aromatic carbocycles. The monoisotopic (exact) mass is 1780 g/mol. The molecule has 8 heteroatoms. The summed E-state index contributed by atoms with van der Waals surface area (Å²) in [6, 6.07) is 114. The van der Waals surface area contributed by atoms with Crippen LogP contribution in [0.4, 0.5) is 68.4 Å². The van der Waals surface area contributed by atoms with Gasteiger partial charge in [0, 0.05) is 99.4 Å². The summed E-state index contributed by atoms with van der Waals surface area (Å²) in [5.41, 5.74) is 84.0. The zero-order valence-electron chi connectivity index (χ0n) is 77.2. The first-order chi connectivity index (χ1) is 69.3. The standard InChI is InChI=1S/4C33H22N2/c1-3-9-26-19(6-1)12-22-18-28-23(17-27(22)26)14-24-15-25-13-21-8-5-11-34-33(21)35-30-10-4-2-7-20(30)16-29(31(24)28)32(25)35;1-3-8-25-19(6-1)12-21-17-27-22(16-26(21)25)13-23-14-24-18-29-31(10-5-11-34-29)35-30-9-4-2-7-20(30)15-28(32(23)27)33(24)35;1-3-7-26-19(5-1)11-21-17-28-22(16-27(21)26)12-23-13-24-14-25-18-34-10-9-31(25)35-30-8-4-2-6-20(30)15-29(32(23)28)33(24)35;1-3-7-26-19(5-1)11-22-17-28-23(16-27(22)26)13-24-14-25-12-21-9-10-34-18-31(21)35-30-8-4-2-6-20(30)15-29(32(24)28)33(25)35/h1-11,15,17-18H,12-14,16H2;1-11,14,16-17H,12-13,15,18H2;1-10,13,16-18H,11-12,14-15H2;1-10,14,16-18H,11-13,15H2. The molecule has 8 nitrogen and oxygen atoms in total. The Morgan fingerprint density at radius 1 is 0.157 bits per heavy atom.